The summed E-state index contributed by atoms with van der Waals surface area (Å²) in [6.45, 7) is 6.46. The van der Waals surface area contributed by atoms with Crippen LogP contribution in [0, 0.1) is 13.8 Å². The number of fused-ring (bicyclic) bond motifs is 1. The first-order valence-electron chi connectivity index (χ1n) is 7.72. The van der Waals surface area contributed by atoms with Gasteiger partial charge in [-0.2, -0.15) is 0 Å². The summed E-state index contributed by atoms with van der Waals surface area (Å²) < 4.78 is 0. The van der Waals surface area contributed by atoms with Crippen molar-refractivity contribution in [2.24, 2.45) is 0 Å². The van der Waals surface area contributed by atoms with Crippen molar-refractivity contribution in [3.8, 4) is 0 Å². The molecule has 1 aromatic rings. The van der Waals surface area contributed by atoms with Crippen LogP contribution in [0.3, 0.4) is 0 Å². The zero-order valence-electron chi connectivity index (χ0n) is 13.4. The van der Waals surface area contributed by atoms with Crippen LogP contribution in [0.2, 0.25) is 0 Å². The zero-order chi connectivity index (χ0) is 14.2. The highest BCUT2D eigenvalue weighted by Crippen LogP contribution is 2.41. The molecular weight excluding hydrogens is 300 g/mol. The van der Waals surface area contributed by atoms with Crippen LogP contribution in [0.5, 0.6) is 0 Å². The molecule has 1 aromatic carbocycles. The van der Waals surface area contributed by atoms with Gasteiger partial charge in [0.1, 0.15) is 0 Å². The number of nitrogens with one attached hydrogen (secondary N) is 1. The molecule has 1 amide bonds. The van der Waals surface area contributed by atoms with E-state index in [1.54, 1.807) is 0 Å². The minimum absolute atomic E-state index is 0. The number of anilines is 1. The van der Waals surface area contributed by atoms with Gasteiger partial charge in [-0.05, 0) is 63.7 Å². The molecule has 2 saturated heterocycles. The topological polar surface area (TPSA) is 63.8 Å². The molecule has 2 aliphatic heterocycles. The molecule has 0 radical (unpaired) electrons. The van der Waals surface area contributed by atoms with Gasteiger partial charge in [0, 0.05) is 17.6 Å². The van der Waals surface area contributed by atoms with Crippen LogP contribution >= 0.6 is 12.4 Å². The number of rotatable bonds is 3. The maximum absolute atomic E-state index is 12.5. The number of benzene rings is 1. The first kappa shape index (κ1) is 18.9. The molecule has 5 heteroatoms. The van der Waals surface area contributed by atoms with Gasteiger partial charge in [-0.25, -0.2) is 0 Å². The number of hydrogen-bond donors (Lipinski definition) is 1. The summed E-state index contributed by atoms with van der Waals surface area (Å²) in [4.78, 5) is 15.0. The van der Waals surface area contributed by atoms with Crippen molar-refractivity contribution in [2.45, 2.75) is 51.5 Å². The highest BCUT2D eigenvalue weighted by atomic mass is 35.5. The quantitative estimate of drug-likeness (QED) is 0.928. The Morgan fingerprint density at radius 2 is 1.73 bits per heavy atom. The summed E-state index contributed by atoms with van der Waals surface area (Å²) in [6.07, 6.45) is 5.52. The molecule has 124 valence electrons. The van der Waals surface area contributed by atoms with E-state index in [1.807, 2.05) is 6.07 Å². The van der Waals surface area contributed by atoms with Gasteiger partial charge >= 0.3 is 0 Å². The fraction of sp³-hybridized carbons (Fsp3) is 0.588. The van der Waals surface area contributed by atoms with Gasteiger partial charge < -0.3 is 10.8 Å². The molecule has 0 unspecified atom stereocenters. The van der Waals surface area contributed by atoms with Crippen LogP contribution in [-0.2, 0) is 4.79 Å². The van der Waals surface area contributed by atoms with Crippen molar-refractivity contribution >= 4 is 24.0 Å². The molecule has 0 atom stereocenters. The molecular formula is C17H27ClN2O2. The van der Waals surface area contributed by atoms with Crippen LogP contribution in [0.1, 0.15) is 43.2 Å². The lowest BCUT2D eigenvalue weighted by Gasteiger charge is -2.31. The van der Waals surface area contributed by atoms with Gasteiger partial charge in [-0.15, -0.1) is 12.4 Å². The molecule has 0 spiro atoms. The van der Waals surface area contributed by atoms with E-state index in [1.165, 1.54) is 38.8 Å². The van der Waals surface area contributed by atoms with Crippen LogP contribution in [0.25, 0.3) is 0 Å². The molecule has 0 saturated carbocycles. The average Bonchev–Trinajstić information content (AvgIpc) is 2.93. The molecule has 22 heavy (non-hydrogen) atoms. The highest BCUT2D eigenvalue weighted by Gasteiger charge is 2.45. The normalized spacial score (nSPS) is 19.0. The molecule has 3 N–H and O–H groups in total. The van der Waals surface area contributed by atoms with E-state index in [0.29, 0.717) is 6.42 Å². The van der Waals surface area contributed by atoms with Crippen molar-refractivity contribution in [1.29, 1.82) is 0 Å². The van der Waals surface area contributed by atoms with Crippen LogP contribution in [-0.4, -0.2) is 34.9 Å². The standard InChI is InChI=1S/C17H24N2O.ClH.H2O/c1-13-6-3-7-14(2)16(13)18-15(20)12-17-8-4-10-19(17)11-5-9-17;;/h3,6-7H,4-5,8-12H2,1-2H3,(H,18,20);1H;1H2. The third-order valence-electron chi connectivity index (χ3n) is 5.05. The highest BCUT2D eigenvalue weighted by molar-refractivity contribution is 5.93. The van der Waals surface area contributed by atoms with Gasteiger partial charge in [0.15, 0.2) is 0 Å². The molecule has 3 rings (SSSR count). The Balaban J connectivity index is 0.00000121. The predicted molar refractivity (Wildman–Crippen MR) is 92.8 cm³/mol. The number of nitrogens with zero attached hydrogens (tertiary/aromatic N) is 1. The van der Waals surface area contributed by atoms with Gasteiger partial charge in [0.25, 0.3) is 0 Å². The van der Waals surface area contributed by atoms with E-state index in [0.717, 1.165) is 16.8 Å². The Kier molecular flexibility index (Phi) is 6.41. The van der Waals surface area contributed by atoms with Crippen molar-refractivity contribution in [3.05, 3.63) is 29.3 Å². The van der Waals surface area contributed by atoms with Crippen molar-refractivity contribution in [1.82, 2.24) is 4.90 Å². The second kappa shape index (κ2) is 7.44. The molecule has 0 aromatic heterocycles. The molecule has 0 aliphatic carbocycles. The summed E-state index contributed by atoms with van der Waals surface area (Å²) in [5.74, 6) is 0.177. The van der Waals surface area contributed by atoms with E-state index in [-0.39, 0.29) is 29.3 Å². The van der Waals surface area contributed by atoms with Crippen LogP contribution in [0.15, 0.2) is 18.2 Å². The lowest BCUT2D eigenvalue weighted by atomic mass is 9.90. The van der Waals surface area contributed by atoms with E-state index in [4.69, 9.17) is 0 Å². The number of carbonyl (C=O) groups excluding carboxylic acids is 1. The third kappa shape index (κ3) is 3.45. The summed E-state index contributed by atoms with van der Waals surface area (Å²) in [7, 11) is 0. The summed E-state index contributed by atoms with van der Waals surface area (Å²) in [5.41, 5.74) is 3.45. The molecule has 2 fully saturated rings. The maximum atomic E-state index is 12.5. The lowest BCUT2D eigenvalue weighted by Crippen LogP contribution is -2.41. The second-order valence-electron chi connectivity index (χ2n) is 6.41. The van der Waals surface area contributed by atoms with E-state index < -0.39 is 0 Å². The van der Waals surface area contributed by atoms with Crippen LogP contribution in [0.4, 0.5) is 5.69 Å². The van der Waals surface area contributed by atoms with Gasteiger partial charge in [-0.1, -0.05) is 18.2 Å². The fourth-order valence-electron chi connectivity index (χ4n) is 4.01. The van der Waals surface area contributed by atoms with Crippen molar-refractivity contribution in [2.75, 3.05) is 18.4 Å². The largest absolute Gasteiger partial charge is 0.412 e. The van der Waals surface area contributed by atoms with Gasteiger partial charge in [0.05, 0.1) is 0 Å². The fourth-order valence-corrected chi connectivity index (χ4v) is 4.01. The summed E-state index contributed by atoms with van der Waals surface area (Å²) >= 11 is 0. The minimum atomic E-state index is 0. The number of aryl methyl sites for hydroxylation is 2. The first-order valence-corrected chi connectivity index (χ1v) is 7.72. The number of halogens is 1. The number of amides is 1. The SMILES string of the molecule is Cc1cccc(C)c1NC(=O)CC12CCCN1CCC2.Cl.O. The predicted octanol–water partition coefficient (Wildman–Crippen LogP) is 2.86. The van der Waals surface area contributed by atoms with E-state index in [2.05, 4.69) is 36.2 Å². The van der Waals surface area contributed by atoms with E-state index in [9.17, 15) is 4.79 Å². The minimum Gasteiger partial charge on any atom is -0.412 e. The maximum Gasteiger partial charge on any atom is 0.226 e. The zero-order valence-corrected chi connectivity index (χ0v) is 14.3. The molecule has 0 bridgehead atoms. The van der Waals surface area contributed by atoms with Crippen LogP contribution < -0.4 is 5.32 Å². The lowest BCUT2D eigenvalue weighted by molar-refractivity contribution is -0.118. The van der Waals surface area contributed by atoms with Crippen molar-refractivity contribution < 1.29 is 10.3 Å². The Labute approximate surface area is 139 Å². The first-order chi connectivity index (χ1) is 9.61. The Bertz CT molecular complexity index is 503. The summed E-state index contributed by atoms with van der Waals surface area (Å²) in [5, 5.41) is 3.15. The monoisotopic (exact) mass is 326 g/mol. The number of carbonyl (C=O) groups is 1. The molecule has 2 aliphatic rings. The number of para-hydroxylation sites is 1. The van der Waals surface area contributed by atoms with Crippen molar-refractivity contribution in [3.63, 3.8) is 0 Å². The smallest absolute Gasteiger partial charge is 0.226 e. The number of hydrogen-bond acceptors (Lipinski definition) is 2. The third-order valence-corrected chi connectivity index (χ3v) is 5.05. The van der Waals surface area contributed by atoms with Gasteiger partial charge in [-0.3, -0.25) is 9.69 Å². The van der Waals surface area contributed by atoms with Gasteiger partial charge in [0.2, 0.25) is 5.91 Å². The average molecular weight is 327 g/mol. The Morgan fingerprint density at radius 1 is 1.18 bits per heavy atom. The molecule has 4 nitrogen and oxygen atoms in total. The molecule has 2 heterocycles. The van der Waals surface area contributed by atoms with E-state index >= 15 is 0 Å². The summed E-state index contributed by atoms with van der Waals surface area (Å²) in [6, 6.07) is 6.14. The second-order valence-corrected chi connectivity index (χ2v) is 6.41. The Morgan fingerprint density at radius 3 is 2.27 bits per heavy atom. The Hall–Kier alpha value is -1.10.